The van der Waals surface area contributed by atoms with E-state index in [1.54, 1.807) is 30.3 Å². The molecule has 1 saturated heterocycles. The van der Waals surface area contributed by atoms with Crippen LogP contribution in [0.4, 0.5) is 0 Å². The van der Waals surface area contributed by atoms with Gasteiger partial charge in [-0.25, -0.2) is 14.6 Å². The lowest BCUT2D eigenvalue weighted by atomic mass is 10.1. The van der Waals surface area contributed by atoms with Crippen molar-refractivity contribution >= 4 is 58.5 Å². The average Bonchev–Trinajstić information content (AvgIpc) is 3.07. The van der Waals surface area contributed by atoms with Crippen LogP contribution < -0.4 is 10.6 Å². The van der Waals surface area contributed by atoms with E-state index < -0.39 is 11.9 Å². The van der Waals surface area contributed by atoms with Gasteiger partial charge in [0.25, 0.3) is 11.8 Å². The topological polar surface area (TPSA) is 170 Å². The smallest absolute Gasteiger partial charge is 0.354 e. The van der Waals surface area contributed by atoms with Gasteiger partial charge in [0.1, 0.15) is 11.4 Å². The highest BCUT2D eigenvalue weighted by Gasteiger charge is 2.22. The van der Waals surface area contributed by atoms with E-state index in [2.05, 4.69) is 15.6 Å². The number of carbonyl (C=O) groups excluding carboxylic acids is 2. The molecule has 1 aromatic carbocycles. The molecule has 1 aromatic heterocycles. The number of amides is 2. The van der Waals surface area contributed by atoms with Crippen LogP contribution in [0.15, 0.2) is 46.2 Å². The fraction of sp³-hybridized carbons (Fsp3) is 0.100. The van der Waals surface area contributed by atoms with Gasteiger partial charge in [0, 0.05) is 22.8 Å². The molecule has 1 aliphatic rings. The van der Waals surface area contributed by atoms with Crippen molar-refractivity contribution in [3.63, 3.8) is 0 Å². The number of pyridine rings is 1. The molecule has 0 spiro atoms. The second-order valence-corrected chi connectivity index (χ2v) is 8.53. The summed E-state index contributed by atoms with van der Waals surface area (Å²) < 4.78 is 0. The first-order valence-corrected chi connectivity index (χ1v) is 10.8. The summed E-state index contributed by atoms with van der Waals surface area (Å²) in [4.78, 5) is 50.7. The molecule has 1 fully saturated rings. The Morgan fingerprint density at radius 1 is 1.16 bits per heavy atom. The zero-order valence-electron chi connectivity index (χ0n) is 16.2. The number of aromatic carboxylic acids is 2. The van der Waals surface area contributed by atoms with Crippen molar-refractivity contribution in [1.82, 2.24) is 15.6 Å². The van der Waals surface area contributed by atoms with Gasteiger partial charge < -0.3 is 20.8 Å². The number of amidine groups is 1. The summed E-state index contributed by atoms with van der Waals surface area (Å²) in [5.41, 5.74) is 0.282. The van der Waals surface area contributed by atoms with Crippen LogP contribution >= 0.6 is 23.5 Å². The minimum atomic E-state index is -1.33. The number of thioether (sulfide) groups is 2. The van der Waals surface area contributed by atoms with Crippen molar-refractivity contribution in [1.29, 1.82) is 5.41 Å². The Kier molecular flexibility index (Phi) is 7.28. The summed E-state index contributed by atoms with van der Waals surface area (Å²) >= 11 is 2.19. The van der Waals surface area contributed by atoms with Crippen LogP contribution in [-0.2, 0) is 4.79 Å². The summed E-state index contributed by atoms with van der Waals surface area (Å²) in [6.45, 7) is 0.247. The lowest BCUT2D eigenvalue weighted by molar-refractivity contribution is -0.115. The second-order valence-electron chi connectivity index (χ2n) is 6.31. The normalized spacial score (nSPS) is 14.3. The maximum atomic E-state index is 12.4. The zero-order valence-corrected chi connectivity index (χ0v) is 17.9. The van der Waals surface area contributed by atoms with Crippen molar-refractivity contribution in [2.45, 2.75) is 4.90 Å². The molecule has 0 unspecified atom stereocenters. The molecule has 2 heterocycles. The summed E-state index contributed by atoms with van der Waals surface area (Å²) in [7, 11) is 0. The lowest BCUT2D eigenvalue weighted by Gasteiger charge is -2.07. The highest BCUT2D eigenvalue weighted by Crippen LogP contribution is 2.25. The van der Waals surface area contributed by atoms with Gasteiger partial charge >= 0.3 is 11.9 Å². The molecular weight excluding hydrogens is 456 g/mol. The van der Waals surface area contributed by atoms with E-state index in [1.165, 1.54) is 23.9 Å². The van der Waals surface area contributed by atoms with E-state index in [0.717, 1.165) is 11.8 Å². The van der Waals surface area contributed by atoms with Crippen LogP contribution in [0.25, 0.3) is 6.08 Å². The van der Waals surface area contributed by atoms with E-state index >= 15 is 0 Å². The molecule has 0 atom stereocenters. The van der Waals surface area contributed by atoms with Crippen molar-refractivity contribution < 1.29 is 29.4 Å². The maximum absolute atomic E-state index is 12.4. The first-order chi connectivity index (χ1) is 15.2. The SMILES string of the molecule is N=C1NC(=O)C(=Cc2cccc(C(=O)NCCSc3cc(C(=O)O)nc(C(=O)O)c3)c2)S1. The third-order valence-corrected chi connectivity index (χ3v) is 5.81. The predicted molar refractivity (Wildman–Crippen MR) is 119 cm³/mol. The highest BCUT2D eigenvalue weighted by molar-refractivity contribution is 8.18. The summed E-state index contributed by atoms with van der Waals surface area (Å²) in [6.07, 6.45) is 1.59. The predicted octanol–water partition coefficient (Wildman–Crippen LogP) is 2.14. The molecule has 0 aliphatic carbocycles. The van der Waals surface area contributed by atoms with E-state index in [1.807, 2.05) is 0 Å². The molecule has 32 heavy (non-hydrogen) atoms. The van der Waals surface area contributed by atoms with Crippen LogP contribution in [-0.4, -0.2) is 56.4 Å². The Hall–Kier alpha value is -3.64. The number of carbonyl (C=O) groups is 4. The van der Waals surface area contributed by atoms with E-state index in [0.29, 0.717) is 26.7 Å². The monoisotopic (exact) mass is 472 g/mol. The van der Waals surface area contributed by atoms with Crippen LogP contribution in [0.5, 0.6) is 0 Å². The number of benzene rings is 1. The van der Waals surface area contributed by atoms with Gasteiger partial charge in [0.2, 0.25) is 0 Å². The fourth-order valence-electron chi connectivity index (χ4n) is 2.61. The molecule has 10 nitrogen and oxygen atoms in total. The van der Waals surface area contributed by atoms with Crippen molar-refractivity contribution in [2.24, 2.45) is 0 Å². The molecule has 3 rings (SSSR count). The van der Waals surface area contributed by atoms with Gasteiger partial charge in [-0.2, -0.15) is 0 Å². The van der Waals surface area contributed by atoms with Crippen LogP contribution in [0, 0.1) is 5.41 Å². The summed E-state index contributed by atoms with van der Waals surface area (Å²) in [5.74, 6) is -2.99. The number of hydrogen-bond donors (Lipinski definition) is 5. The molecule has 0 bridgehead atoms. The van der Waals surface area contributed by atoms with Crippen LogP contribution in [0.2, 0.25) is 0 Å². The molecule has 164 valence electrons. The van der Waals surface area contributed by atoms with E-state index in [4.69, 9.17) is 15.6 Å². The van der Waals surface area contributed by atoms with E-state index in [-0.39, 0.29) is 34.9 Å². The Labute approximate surface area is 190 Å². The molecule has 0 saturated carbocycles. The fourth-order valence-corrected chi connectivity index (χ4v) is 4.14. The first-order valence-electron chi connectivity index (χ1n) is 9.02. The molecule has 2 aromatic rings. The summed E-state index contributed by atoms with van der Waals surface area (Å²) in [5, 5.41) is 30.8. The van der Waals surface area contributed by atoms with Gasteiger partial charge in [-0.15, -0.1) is 11.8 Å². The Morgan fingerprint density at radius 2 is 1.84 bits per heavy atom. The van der Waals surface area contributed by atoms with Gasteiger partial charge in [-0.05, 0) is 47.7 Å². The third-order valence-electron chi connectivity index (χ3n) is 4.00. The van der Waals surface area contributed by atoms with Crippen molar-refractivity contribution in [3.05, 3.63) is 63.8 Å². The van der Waals surface area contributed by atoms with Crippen LogP contribution in [0.3, 0.4) is 0 Å². The Balaban J connectivity index is 1.58. The first kappa shape index (κ1) is 23.0. The van der Waals surface area contributed by atoms with Crippen molar-refractivity contribution in [3.8, 4) is 0 Å². The number of carboxylic acids is 2. The molecule has 2 amide bonds. The lowest BCUT2D eigenvalue weighted by Crippen LogP contribution is -2.25. The second kappa shape index (κ2) is 10.1. The highest BCUT2D eigenvalue weighted by atomic mass is 32.2. The number of hydrogen-bond acceptors (Lipinski definition) is 8. The van der Waals surface area contributed by atoms with Gasteiger partial charge in [0.15, 0.2) is 5.17 Å². The number of carboxylic acid groups (broad SMARTS) is 2. The number of nitrogens with one attached hydrogen (secondary N) is 3. The molecule has 0 radical (unpaired) electrons. The maximum Gasteiger partial charge on any atom is 0.354 e. The molecule has 12 heteroatoms. The Bertz CT molecular complexity index is 1130. The van der Waals surface area contributed by atoms with Crippen molar-refractivity contribution in [2.75, 3.05) is 12.3 Å². The molecule has 1 aliphatic heterocycles. The number of nitrogens with zero attached hydrogens (tertiary/aromatic N) is 1. The largest absolute Gasteiger partial charge is 0.477 e. The molecule has 5 N–H and O–H groups in total. The standard InChI is InChI=1S/C20H16N4O6S2/c21-20-24-17(26)15(32-20)7-10-2-1-3-11(6-10)16(25)22-4-5-31-12-8-13(18(27)28)23-14(9-12)19(29)30/h1-3,6-9H,4-5H2,(H,22,25)(H,27,28)(H,29,30)(H2,21,24,26). The van der Waals surface area contributed by atoms with Gasteiger partial charge in [0.05, 0.1) is 4.91 Å². The zero-order chi connectivity index (χ0) is 23.3. The minimum absolute atomic E-state index is 0.0489. The minimum Gasteiger partial charge on any atom is -0.477 e. The van der Waals surface area contributed by atoms with E-state index in [9.17, 15) is 19.2 Å². The number of rotatable bonds is 8. The van der Waals surface area contributed by atoms with Gasteiger partial charge in [-0.3, -0.25) is 15.0 Å². The van der Waals surface area contributed by atoms with Crippen LogP contribution in [0.1, 0.15) is 36.9 Å². The number of aromatic nitrogens is 1. The third kappa shape index (κ3) is 5.95. The quantitative estimate of drug-likeness (QED) is 0.219. The Morgan fingerprint density at radius 3 is 2.44 bits per heavy atom. The average molecular weight is 473 g/mol. The van der Waals surface area contributed by atoms with Gasteiger partial charge in [-0.1, -0.05) is 12.1 Å². The molecular formula is C20H16N4O6S2. The summed E-state index contributed by atoms with van der Waals surface area (Å²) in [6, 6.07) is 9.20.